The molecule has 0 aliphatic rings. The summed E-state index contributed by atoms with van der Waals surface area (Å²) in [5.74, 6) is 0.879. The Morgan fingerprint density at radius 3 is 1.73 bits per heavy atom. The Morgan fingerprint density at radius 2 is 1.12 bits per heavy atom. The second-order valence-corrected chi connectivity index (χ2v) is 19.6. The van der Waals surface area contributed by atoms with E-state index in [1.807, 2.05) is 18.3 Å². The predicted octanol–water partition coefficient (Wildman–Crippen LogP) is 14.6. The normalized spacial score (nSPS) is 12.3. The second-order valence-electron chi connectivity index (χ2n) is 19.6. The van der Waals surface area contributed by atoms with E-state index in [4.69, 9.17) is 9.97 Å². The Morgan fingerprint density at radius 1 is 0.550 bits per heavy atom. The molecule has 60 heavy (non-hydrogen) atoms. The van der Waals surface area contributed by atoms with E-state index in [2.05, 4.69) is 191 Å². The van der Waals surface area contributed by atoms with E-state index in [0.717, 1.165) is 66.6 Å². The van der Waals surface area contributed by atoms with Crippen LogP contribution in [-0.2, 0) is 37.3 Å². The number of hydrogen-bond acceptors (Lipinski definition) is 3. The zero-order valence-corrected chi connectivity index (χ0v) is 39.3. The zero-order valence-electron chi connectivity index (χ0n) is 37.1. The van der Waals surface area contributed by atoms with Crippen LogP contribution in [0.25, 0.3) is 72.4 Å². The molecule has 0 amide bonds. The van der Waals surface area contributed by atoms with Crippen LogP contribution >= 0.6 is 0 Å². The minimum absolute atomic E-state index is 0. The van der Waals surface area contributed by atoms with Gasteiger partial charge in [-0.3, -0.25) is 9.55 Å². The molecule has 0 spiro atoms. The summed E-state index contributed by atoms with van der Waals surface area (Å²) < 4.78 is 2.23. The maximum atomic E-state index is 11.7. The third-order valence-corrected chi connectivity index (χ3v) is 11.7. The van der Waals surface area contributed by atoms with Gasteiger partial charge in [-0.2, -0.15) is 0 Å². The van der Waals surface area contributed by atoms with E-state index in [0.29, 0.717) is 11.4 Å². The maximum absolute atomic E-state index is 11.7. The van der Waals surface area contributed by atoms with Gasteiger partial charge < -0.3 is 5.11 Å². The molecule has 8 rings (SSSR count). The van der Waals surface area contributed by atoms with Crippen molar-refractivity contribution in [3.05, 3.63) is 155 Å². The molecule has 2 heterocycles. The van der Waals surface area contributed by atoms with Crippen LogP contribution in [-0.4, -0.2) is 19.6 Å². The van der Waals surface area contributed by atoms with Crippen molar-refractivity contribution in [2.75, 3.05) is 0 Å². The predicted molar refractivity (Wildman–Crippen MR) is 249 cm³/mol. The molecule has 0 unspecified atom stereocenters. The van der Waals surface area contributed by atoms with Crippen molar-refractivity contribution in [2.24, 2.45) is 0 Å². The summed E-state index contributed by atoms with van der Waals surface area (Å²) in [4.78, 5) is 10.5. The fourth-order valence-corrected chi connectivity index (χ4v) is 8.23. The van der Waals surface area contributed by atoms with E-state index < -0.39 is 0 Å². The Hall–Kier alpha value is -5.31. The first-order valence-electron chi connectivity index (χ1n) is 20.8. The van der Waals surface area contributed by atoms with Crippen molar-refractivity contribution in [1.29, 1.82) is 0 Å². The number of fused-ring (bicyclic) bond motifs is 2. The molecule has 308 valence electrons. The SMILES string of the molecule is Cc1cc(C)cc(-c2cc(-c3[c-]c(-c4cc(C(C)(C)C)cc5c(C)ccnc45)ccc3)c3nc(-c4cc(C(C)(C)C)ccc4O)n(-c4ccc(C(C)(C)C)cc4)c3c2)c1.[Pt]. The van der Waals surface area contributed by atoms with Crippen LogP contribution in [0.1, 0.15) is 95.7 Å². The minimum atomic E-state index is -0.133. The van der Waals surface area contributed by atoms with E-state index in [1.54, 1.807) is 0 Å². The Bertz CT molecular complexity index is 2890. The van der Waals surface area contributed by atoms with Crippen LogP contribution in [0.3, 0.4) is 0 Å². The monoisotopic (exact) mass is 969 g/mol. The van der Waals surface area contributed by atoms with Gasteiger partial charge in [0.05, 0.1) is 16.6 Å². The van der Waals surface area contributed by atoms with Crippen LogP contribution in [0.2, 0.25) is 0 Å². The summed E-state index contributed by atoms with van der Waals surface area (Å²) in [6.45, 7) is 26.6. The van der Waals surface area contributed by atoms with Crippen molar-refractivity contribution >= 4 is 21.9 Å². The molecule has 0 saturated carbocycles. The summed E-state index contributed by atoms with van der Waals surface area (Å²) in [6, 6.07) is 43.0. The first-order chi connectivity index (χ1) is 27.8. The van der Waals surface area contributed by atoms with Crippen LogP contribution in [0.4, 0.5) is 0 Å². The summed E-state index contributed by atoms with van der Waals surface area (Å²) in [5, 5.41) is 12.8. The number of imidazole rings is 1. The van der Waals surface area contributed by atoms with Crippen molar-refractivity contribution in [2.45, 2.75) is 99.3 Å². The number of aromatic hydroxyl groups is 1. The van der Waals surface area contributed by atoms with Crippen LogP contribution in [0, 0.1) is 26.8 Å². The molecule has 0 saturated heterocycles. The van der Waals surface area contributed by atoms with Crippen molar-refractivity contribution < 1.29 is 26.2 Å². The molecule has 0 radical (unpaired) electrons. The zero-order chi connectivity index (χ0) is 42.2. The number of phenols is 1. The number of benzene rings is 6. The smallest absolute Gasteiger partial charge is 0.148 e. The van der Waals surface area contributed by atoms with Gasteiger partial charge in [-0.1, -0.05) is 139 Å². The molecule has 0 aliphatic heterocycles. The molecule has 8 aromatic rings. The fraction of sp³-hybridized carbons (Fsp3) is 0.273. The van der Waals surface area contributed by atoms with E-state index in [-0.39, 0.29) is 43.1 Å². The van der Waals surface area contributed by atoms with E-state index >= 15 is 0 Å². The van der Waals surface area contributed by atoms with Crippen molar-refractivity contribution in [3.63, 3.8) is 0 Å². The molecule has 1 N–H and O–H groups in total. The molecular weight excluding hydrogens is 914 g/mol. The first-order valence-corrected chi connectivity index (χ1v) is 20.8. The quantitative estimate of drug-likeness (QED) is 0.175. The molecule has 0 atom stereocenters. The van der Waals surface area contributed by atoms with Gasteiger partial charge in [0, 0.05) is 38.5 Å². The second kappa shape index (κ2) is 15.6. The molecule has 6 aromatic carbocycles. The first kappa shape index (κ1) is 42.8. The Balaban J connectivity index is 0.00000544. The molecular formula is C55H56N3OPt-. The fourth-order valence-electron chi connectivity index (χ4n) is 8.23. The summed E-state index contributed by atoms with van der Waals surface area (Å²) >= 11 is 0. The molecule has 0 fully saturated rings. The third-order valence-electron chi connectivity index (χ3n) is 11.7. The Kier molecular flexibility index (Phi) is 11.1. The van der Waals surface area contributed by atoms with Gasteiger partial charge >= 0.3 is 0 Å². The van der Waals surface area contributed by atoms with Gasteiger partial charge in [0.25, 0.3) is 0 Å². The molecule has 0 aliphatic carbocycles. The number of hydrogen-bond donors (Lipinski definition) is 1. The van der Waals surface area contributed by atoms with Gasteiger partial charge in [-0.25, -0.2) is 4.98 Å². The van der Waals surface area contributed by atoms with Gasteiger partial charge in [-0.15, -0.1) is 35.4 Å². The standard InChI is InChI=1S/C55H56N3O.Pt/c1-33-24-34(2)26-38(25-33)39-28-45(36-14-13-15-37(27-36)46-32-42(55(10,11)12)31-44-35(3)22-23-56-50(44)46)51-48(29-39)58(43-19-16-40(17-20-43)53(4,5)6)52(57-51)47-30-41(54(7,8)9)18-21-49(47)59;/h13-26,28-32,59H,1-12H3;/q-1;. The number of aromatic nitrogens is 3. The number of pyridine rings is 1. The average molecular weight is 970 g/mol. The summed E-state index contributed by atoms with van der Waals surface area (Å²) in [6.07, 6.45) is 1.91. The number of phenolic OH excluding ortho intramolecular Hbond substituents is 1. The topological polar surface area (TPSA) is 50.9 Å². The maximum Gasteiger partial charge on any atom is 0.148 e. The summed E-state index contributed by atoms with van der Waals surface area (Å²) in [7, 11) is 0. The number of nitrogens with zero attached hydrogens (tertiary/aromatic N) is 3. The molecule has 0 bridgehead atoms. The molecule has 2 aromatic heterocycles. The van der Waals surface area contributed by atoms with Crippen molar-refractivity contribution in [3.8, 4) is 56.2 Å². The van der Waals surface area contributed by atoms with Gasteiger partial charge in [0.2, 0.25) is 0 Å². The molecule has 4 nitrogen and oxygen atoms in total. The number of aryl methyl sites for hydroxylation is 3. The minimum Gasteiger partial charge on any atom is -0.507 e. The average Bonchev–Trinajstić information content (AvgIpc) is 3.55. The van der Waals surface area contributed by atoms with E-state index in [1.165, 1.54) is 27.8 Å². The summed E-state index contributed by atoms with van der Waals surface area (Å²) in [5.41, 5.74) is 17.7. The van der Waals surface area contributed by atoms with Crippen LogP contribution in [0.5, 0.6) is 5.75 Å². The largest absolute Gasteiger partial charge is 0.507 e. The van der Waals surface area contributed by atoms with Gasteiger partial charge in [0.1, 0.15) is 11.6 Å². The number of rotatable bonds is 5. The van der Waals surface area contributed by atoms with Gasteiger partial charge in [0.15, 0.2) is 0 Å². The van der Waals surface area contributed by atoms with Crippen LogP contribution < -0.4 is 0 Å². The van der Waals surface area contributed by atoms with Gasteiger partial charge in [-0.05, 0) is 112 Å². The van der Waals surface area contributed by atoms with E-state index in [9.17, 15) is 5.11 Å². The van der Waals surface area contributed by atoms with Crippen LogP contribution in [0.15, 0.2) is 115 Å². The third kappa shape index (κ3) is 8.12. The molecule has 5 heteroatoms. The Labute approximate surface area is 371 Å². The van der Waals surface area contributed by atoms with Crippen molar-refractivity contribution in [1.82, 2.24) is 14.5 Å².